The number of carbonyl (C=O) groups is 1. The maximum atomic E-state index is 10.2. The molecule has 1 aromatic carbocycles. The van der Waals surface area contributed by atoms with Crippen LogP contribution in [-0.2, 0) is 9.53 Å². The van der Waals surface area contributed by atoms with Crippen molar-refractivity contribution in [1.82, 2.24) is 0 Å². The molecule has 0 atom stereocenters. The second-order valence-electron chi connectivity index (χ2n) is 2.97. The van der Waals surface area contributed by atoms with Gasteiger partial charge in [0.05, 0.1) is 14.2 Å². The highest BCUT2D eigenvalue weighted by Gasteiger charge is 1.95. The molecule has 4 heteroatoms. The van der Waals surface area contributed by atoms with Crippen LogP contribution < -0.4 is 4.74 Å². The number of ether oxygens (including phenoxy) is 2. The van der Waals surface area contributed by atoms with Crippen molar-refractivity contribution in [3.8, 4) is 11.5 Å². The summed E-state index contributed by atoms with van der Waals surface area (Å²) in [5.41, 5.74) is 0.433. The van der Waals surface area contributed by atoms with Crippen molar-refractivity contribution < 1.29 is 19.4 Å². The molecule has 0 aliphatic rings. The SMILES string of the molecule is C=C(C)C(=O)OC.COc1ccc(O)cc1. The molecule has 0 radical (unpaired) electrons. The Morgan fingerprint density at radius 1 is 1.25 bits per heavy atom. The van der Waals surface area contributed by atoms with Crippen molar-refractivity contribution in [2.45, 2.75) is 6.92 Å². The minimum atomic E-state index is -0.347. The fraction of sp³-hybridized carbons (Fsp3) is 0.250. The third-order valence-electron chi connectivity index (χ3n) is 1.61. The van der Waals surface area contributed by atoms with E-state index in [-0.39, 0.29) is 11.7 Å². The van der Waals surface area contributed by atoms with E-state index in [1.807, 2.05) is 0 Å². The standard InChI is InChI=1S/C7H8O2.C5H8O2/c1-9-7-4-2-6(8)3-5-7;1-4(2)5(6)7-3/h2-5,8H,1H3;1H2,2-3H3. The fourth-order valence-electron chi connectivity index (χ4n) is 0.756. The van der Waals surface area contributed by atoms with Crippen LogP contribution in [0.15, 0.2) is 36.4 Å². The van der Waals surface area contributed by atoms with Gasteiger partial charge in [0, 0.05) is 5.57 Å². The molecule has 0 aliphatic carbocycles. The van der Waals surface area contributed by atoms with Crippen molar-refractivity contribution in [2.24, 2.45) is 0 Å². The Morgan fingerprint density at radius 2 is 1.75 bits per heavy atom. The molecule has 4 nitrogen and oxygen atoms in total. The molecular weight excluding hydrogens is 208 g/mol. The lowest BCUT2D eigenvalue weighted by atomic mass is 10.3. The second-order valence-corrected chi connectivity index (χ2v) is 2.97. The number of rotatable bonds is 2. The van der Waals surface area contributed by atoms with Gasteiger partial charge in [-0.25, -0.2) is 4.79 Å². The van der Waals surface area contributed by atoms with Crippen LogP contribution in [0.5, 0.6) is 11.5 Å². The quantitative estimate of drug-likeness (QED) is 0.617. The second kappa shape index (κ2) is 7.34. The molecule has 0 heterocycles. The van der Waals surface area contributed by atoms with Crippen molar-refractivity contribution in [3.05, 3.63) is 36.4 Å². The fourth-order valence-corrected chi connectivity index (χ4v) is 0.756. The summed E-state index contributed by atoms with van der Waals surface area (Å²) in [4.78, 5) is 10.2. The highest BCUT2D eigenvalue weighted by atomic mass is 16.5. The van der Waals surface area contributed by atoms with Crippen LogP contribution in [0.25, 0.3) is 0 Å². The molecule has 16 heavy (non-hydrogen) atoms. The third kappa shape index (κ3) is 5.70. The number of hydrogen-bond donors (Lipinski definition) is 1. The Bertz CT molecular complexity index is 341. The Labute approximate surface area is 95.1 Å². The van der Waals surface area contributed by atoms with E-state index >= 15 is 0 Å². The number of carbonyl (C=O) groups excluding carboxylic acids is 1. The molecule has 0 spiro atoms. The molecule has 0 saturated carbocycles. The first-order chi connectivity index (χ1) is 7.51. The van der Waals surface area contributed by atoms with E-state index in [1.165, 1.54) is 7.11 Å². The average Bonchev–Trinajstić information content (AvgIpc) is 2.29. The van der Waals surface area contributed by atoms with E-state index < -0.39 is 0 Å². The summed E-state index contributed by atoms with van der Waals surface area (Å²) < 4.78 is 9.13. The lowest BCUT2D eigenvalue weighted by Gasteiger charge is -1.96. The lowest BCUT2D eigenvalue weighted by molar-refractivity contribution is -0.136. The van der Waals surface area contributed by atoms with E-state index in [9.17, 15) is 4.79 Å². The zero-order valence-corrected chi connectivity index (χ0v) is 9.69. The summed E-state index contributed by atoms with van der Waals surface area (Å²) >= 11 is 0. The number of benzene rings is 1. The van der Waals surface area contributed by atoms with Crippen LogP contribution in [0.4, 0.5) is 0 Å². The van der Waals surface area contributed by atoms with Gasteiger partial charge in [-0.1, -0.05) is 6.58 Å². The number of aromatic hydroxyl groups is 1. The summed E-state index contributed by atoms with van der Waals surface area (Å²) in [6.07, 6.45) is 0. The van der Waals surface area contributed by atoms with E-state index in [2.05, 4.69) is 11.3 Å². The molecule has 1 aromatic rings. The summed E-state index contributed by atoms with van der Waals surface area (Å²) in [6.45, 7) is 4.95. The predicted molar refractivity (Wildman–Crippen MR) is 61.5 cm³/mol. The maximum Gasteiger partial charge on any atom is 0.332 e. The topological polar surface area (TPSA) is 55.8 Å². The van der Waals surface area contributed by atoms with E-state index in [1.54, 1.807) is 38.3 Å². The molecule has 0 amide bonds. The molecule has 1 N–H and O–H groups in total. The normalized spacial score (nSPS) is 8.44. The van der Waals surface area contributed by atoms with Crippen LogP contribution in [0.1, 0.15) is 6.92 Å². The van der Waals surface area contributed by atoms with Crippen molar-refractivity contribution in [1.29, 1.82) is 0 Å². The first-order valence-electron chi connectivity index (χ1n) is 4.58. The first kappa shape index (κ1) is 14.0. The zero-order valence-electron chi connectivity index (χ0n) is 9.69. The monoisotopic (exact) mass is 224 g/mol. The number of esters is 1. The Kier molecular flexibility index (Phi) is 6.43. The van der Waals surface area contributed by atoms with Gasteiger partial charge in [0.25, 0.3) is 0 Å². The minimum Gasteiger partial charge on any atom is -0.508 e. The van der Waals surface area contributed by atoms with Gasteiger partial charge >= 0.3 is 5.97 Å². The summed E-state index contributed by atoms with van der Waals surface area (Å²) in [6, 6.07) is 6.57. The van der Waals surface area contributed by atoms with Gasteiger partial charge in [-0.2, -0.15) is 0 Å². The zero-order chi connectivity index (χ0) is 12.6. The average molecular weight is 224 g/mol. The van der Waals surface area contributed by atoms with Crippen LogP contribution in [0, 0.1) is 0 Å². The van der Waals surface area contributed by atoms with Crippen LogP contribution >= 0.6 is 0 Å². The molecule has 88 valence electrons. The van der Waals surface area contributed by atoms with Gasteiger partial charge in [0.15, 0.2) is 0 Å². The van der Waals surface area contributed by atoms with Crippen molar-refractivity contribution in [3.63, 3.8) is 0 Å². The molecule has 1 rings (SSSR count). The Hall–Kier alpha value is -1.97. The molecule has 0 aromatic heterocycles. The molecule has 0 saturated heterocycles. The Balaban J connectivity index is 0.000000293. The van der Waals surface area contributed by atoms with Crippen molar-refractivity contribution >= 4 is 5.97 Å². The van der Waals surface area contributed by atoms with Gasteiger partial charge in [-0.3, -0.25) is 0 Å². The van der Waals surface area contributed by atoms with E-state index in [4.69, 9.17) is 9.84 Å². The highest BCUT2D eigenvalue weighted by Crippen LogP contribution is 2.14. The maximum absolute atomic E-state index is 10.2. The number of hydrogen-bond acceptors (Lipinski definition) is 4. The van der Waals surface area contributed by atoms with Crippen LogP contribution in [0.2, 0.25) is 0 Å². The summed E-state index contributed by atoms with van der Waals surface area (Å²) in [5, 5.41) is 8.80. The summed E-state index contributed by atoms with van der Waals surface area (Å²) in [7, 11) is 2.92. The van der Waals surface area contributed by atoms with Gasteiger partial charge in [-0.05, 0) is 31.2 Å². The molecule has 0 fully saturated rings. The molecular formula is C12H16O4. The molecule has 0 bridgehead atoms. The summed E-state index contributed by atoms with van der Waals surface area (Å²) in [5.74, 6) is 0.670. The molecule has 0 unspecified atom stereocenters. The number of phenols is 1. The number of methoxy groups -OCH3 is 2. The van der Waals surface area contributed by atoms with Gasteiger partial charge in [0.1, 0.15) is 11.5 Å². The first-order valence-corrected chi connectivity index (χ1v) is 4.58. The van der Waals surface area contributed by atoms with Crippen molar-refractivity contribution in [2.75, 3.05) is 14.2 Å². The largest absolute Gasteiger partial charge is 0.508 e. The van der Waals surface area contributed by atoms with Crippen LogP contribution in [-0.4, -0.2) is 25.3 Å². The van der Waals surface area contributed by atoms with E-state index in [0.717, 1.165) is 5.75 Å². The molecule has 0 aliphatic heterocycles. The lowest BCUT2D eigenvalue weighted by Crippen LogP contribution is -1.98. The predicted octanol–water partition coefficient (Wildman–Crippen LogP) is 2.14. The van der Waals surface area contributed by atoms with Gasteiger partial charge in [-0.15, -0.1) is 0 Å². The highest BCUT2D eigenvalue weighted by molar-refractivity contribution is 5.86. The minimum absolute atomic E-state index is 0.260. The van der Waals surface area contributed by atoms with E-state index in [0.29, 0.717) is 5.57 Å². The number of phenolic OH excluding ortho intramolecular Hbond substituents is 1. The van der Waals surface area contributed by atoms with Gasteiger partial charge < -0.3 is 14.6 Å². The smallest absolute Gasteiger partial charge is 0.332 e. The van der Waals surface area contributed by atoms with Crippen LogP contribution in [0.3, 0.4) is 0 Å². The third-order valence-corrected chi connectivity index (χ3v) is 1.61. The van der Waals surface area contributed by atoms with Gasteiger partial charge in [0.2, 0.25) is 0 Å². The Morgan fingerprint density at radius 3 is 2.00 bits per heavy atom.